The van der Waals surface area contributed by atoms with Gasteiger partial charge in [-0.25, -0.2) is 4.79 Å². The third-order valence-corrected chi connectivity index (χ3v) is 2.97. The second-order valence-electron chi connectivity index (χ2n) is 3.32. The monoisotopic (exact) mass is 281 g/mol. The van der Waals surface area contributed by atoms with Crippen LogP contribution in [0, 0.1) is 10.1 Å². The maximum atomic E-state index is 11.0. The molecule has 0 N–H and O–H groups in total. The molecule has 1 rings (SSSR count). The van der Waals surface area contributed by atoms with Gasteiger partial charge < -0.3 is 4.74 Å². The highest BCUT2D eigenvalue weighted by Gasteiger charge is 2.11. The zero-order valence-corrected chi connectivity index (χ0v) is 10.9. The first-order chi connectivity index (χ1) is 9.08. The normalized spacial score (nSPS) is 10.4. The molecule has 19 heavy (non-hydrogen) atoms. The van der Waals surface area contributed by atoms with E-state index in [1.54, 1.807) is 13.0 Å². The smallest absolute Gasteiger partial charge is 0.331 e. The first kappa shape index (κ1) is 14.9. The lowest BCUT2D eigenvalue weighted by molar-refractivity contribution is -0.384. The molecule has 7 heteroatoms. The minimum atomic E-state index is -0.576. The van der Waals surface area contributed by atoms with Crippen molar-refractivity contribution in [1.29, 1.82) is 0 Å². The minimum absolute atomic E-state index is 0.0296. The zero-order valence-electron chi connectivity index (χ0n) is 10.1. The Morgan fingerprint density at radius 1 is 1.53 bits per heavy atom. The van der Waals surface area contributed by atoms with Crippen LogP contribution in [0.4, 0.5) is 5.69 Å². The largest absolute Gasteiger partial charge is 0.451 e. The molecule has 6 nitrogen and oxygen atoms in total. The fourth-order valence-electron chi connectivity index (χ4n) is 1.21. The molecule has 0 spiro atoms. The minimum Gasteiger partial charge on any atom is -0.451 e. The molecule has 0 fully saturated rings. The van der Waals surface area contributed by atoms with E-state index in [0.29, 0.717) is 11.2 Å². The first-order valence-electron chi connectivity index (χ1n) is 5.24. The Balaban J connectivity index is 2.71. The van der Waals surface area contributed by atoms with E-state index in [0.717, 1.165) is 11.8 Å². The van der Waals surface area contributed by atoms with Crippen LogP contribution in [-0.4, -0.2) is 23.1 Å². The van der Waals surface area contributed by atoms with Gasteiger partial charge in [0.05, 0.1) is 4.92 Å². The number of non-ortho nitro benzene ring substituents is 1. The van der Waals surface area contributed by atoms with Crippen molar-refractivity contribution in [2.24, 2.45) is 0 Å². The van der Waals surface area contributed by atoms with Gasteiger partial charge in [0.25, 0.3) is 5.69 Å². The summed E-state index contributed by atoms with van der Waals surface area (Å²) in [6, 6.07) is 3.93. The van der Waals surface area contributed by atoms with Gasteiger partial charge in [-0.1, -0.05) is 17.8 Å². The lowest BCUT2D eigenvalue weighted by Gasteiger charge is -2.04. The SMILES string of the molecule is CC=CC(=O)OCSc1ccc([N+](=O)[O-])cc1C=O. The number of aldehydes is 1. The van der Waals surface area contributed by atoms with E-state index in [-0.39, 0.29) is 17.2 Å². The standard InChI is InChI=1S/C12H11NO5S/c1-2-3-12(15)18-8-19-11-5-4-10(13(16)17)6-9(11)7-14/h2-7H,8H2,1H3. The van der Waals surface area contributed by atoms with Gasteiger partial charge in [-0.3, -0.25) is 14.9 Å². The van der Waals surface area contributed by atoms with E-state index in [4.69, 9.17) is 4.74 Å². The second-order valence-corrected chi connectivity index (χ2v) is 4.29. The summed E-state index contributed by atoms with van der Waals surface area (Å²) in [5, 5.41) is 10.6. The van der Waals surface area contributed by atoms with Gasteiger partial charge >= 0.3 is 5.97 Å². The molecular formula is C12H11NO5S. The number of carbonyl (C=O) groups excluding carboxylic acids is 2. The number of esters is 1. The number of benzene rings is 1. The van der Waals surface area contributed by atoms with Crippen LogP contribution in [0.2, 0.25) is 0 Å². The molecular weight excluding hydrogens is 270 g/mol. The fourth-order valence-corrected chi connectivity index (χ4v) is 1.95. The highest BCUT2D eigenvalue weighted by molar-refractivity contribution is 7.99. The number of rotatable bonds is 6. The van der Waals surface area contributed by atoms with E-state index < -0.39 is 10.9 Å². The molecule has 100 valence electrons. The zero-order chi connectivity index (χ0) is 14.3. The van der Waals surface area contributed by atoms with Gasteiger partial charge in [0.2, 0.25) is 0 Å². The average molecular weight is 281 g/mol. The average Bonchev–Trinajstić information content (AvgIpc) is 2.39. The number of nitro benzene ring substituents is 1. The molecule has 0 aliphatic heterocycles. The van der Waals surface area contributed by atoms with Crippen LogP contribution in [0.3, 0.4) is 0 Å². The molecule has 0 bridgehead atoms. The van der Waals surface area contributed by atoms with Crippen LogP contribution in [0.1, 0.15) is 17.3 Å². The summed E-state index contributed by atoms with van der Waals surface area (Å²) in [4.78, 5) is 32.4. The molecule has 0 aliphatic carbocycles. The first-order valence-corrected chi connectivity index (χ1v) is 6.23. The van der Waals surface area contributed by atoms with Gasteiger partial charge in [0.15, 0.2) is 6.29 Å². The summed E-state index contributed by atoms with van der Waals surface area (Å²) in [7, 11) is 0. The lowest BCUT2D eigenvalue weighted by atomic mass is 10.2. The number of hydrogen-bond donors (Lipinski definition) is 0. The number of allylic oxidation sites excluding steroid dienone is 1. The maximum Gasteiger partial charge on any atom is 0.331 e. The van der Waals surface area contributed by atoms with Gasteiger partial charge in [-0.05, 0) is 13.0 Å². The second kappa shape index (κ2) is 7.32. The van der Waals surface area contributed by atoms with Crippen LogP contribution < -0.4 is 0 Å². The van der Waals surface area contributed by atoms with Crippen molar-refractivity contribution in [2.45, 2.75) is 11.8 Å². The van der Waals surface area contributed by atoms with E-state index in [1.165, 1.54) is 24.3 Å². The van der Waals surface area contributed by atoms with Gasteiger partial charge in [-0.15, -0.1) is 0 Å². The molecule has 0 saturated heterocycles. The summed E-state index contributed by atoms with van der Waals surface area (Å²) < 4.78 is 4.85. The molecule has 0 unspecified atom stereocenters. The Morgan fingerprint density at radius 2 is 2.26 bits per heavy atom. The van der Waals surface area contributed by atoms with E-state index in [1.807, 2.05) is 0 Å². The molecule has 0 aromatic heterocycles. The summed E-state index contributed by atoms with van der Waals surface area (Å²) in [5.41, 5.74) is 0.0404. The van der Waals surface area contributed by atoms with Crippen molar-refractivity contribution < 1.29 is 19.2 Å². The highest BCUT2D eigenvalue weighted by Crippen LogP contribution is 2.25. The summed E-state index contributed by atoms with van der Waals surface area (Å²) in [5.74, 6) is -0.452. The summed E-state index contributed by atoms with van der Waals surface area (Å²) in [6.07, 6.45) is 3.36. The van der Waals surface area contributed by atoms with Gasteiger partial charge in [0.1, 0.15) is 5.94 Å². The van der Waals surface area contributed by atoms with Crippen molar-refractivity contribution in [2.75, 3.05) is 5.94 Å². The van der Waals surface area contributed by atoms with Gasteiger partial charge in [-0.2, -0.15) is 0 Å². The summed E-state index contributed by atoms with van der Waals surface area (Å²) in [6.45, 7) is 1.69. The number of nitrogens with zero attached hydrogens (tertiary/aromatic N) is 1. The van der Waals surface area contributed by atoms with Crippen LogP contribution in [0.25, 0.3) is 0 Å². The Kier molecular flexibility index (Phi) is 5.74. The van der Waals surface area contributed by atoms with Crippen LogP contribution >= 0.6 is 11.8 Å². The highest BCUT2D eigenvalue weighted by atomic mass is 32.2. The number of hydrogen-bond acceptors (Lipinski definition) is 6. The number of nitro groups is 1. The fraction of sp³-hybridized carbons (Fsp3) is 0.167. The molecule has 0 amide bonds. The molecule has 0 saturated carbocycles. The predicted molar refractivity (Wildman–Crippen MR) is 70.1 cm³/mol. The lowest BCUT2D eigenvalue weighted by Crippen LogP contribution is -2.00. The molecule has 1 aromatic rings. The van der Waals surface area contributed by atoms with E-state index in [2.05, 4.69) is 0 Å². The quantitative estimate of drug-likeness (QED) is 0.151. The predicted octanol–water partition coefficient (Wildman–Crippen LogP) is 2.58. The van der Waals surface area contributed by atoms with E-state index >= 15 is 0 Å². The third kappa shape index (κ3) is 4.55. The van der Waals surface area contributed by atoms with Crippen LogP contribution in [0.5, 0.6) is 0 Å². The number of carbonyl (C=O) groups is 2. The van der Waals surface area contributed by atoms with E-state index in [9.17, 15) is 19.7 Å². The van der Waals surface area contributed by atoms with Crippen molar-refractivity contribution >= 4 is 29.7 Å². The van der Waals surface area contributed by atoms with Crippen LogP contribution in [-0.2, 0) is 9.53 Å². The van der Waals surface area contributed by atoms with Crippen molar-refractivity contribution in [3.63, 3.8) is 0 Å². The Labute approximate surface area is 113 Å². The Hall–Kier alpha value is -2.15. The topological polar surface area (TPSA) is 86.5 Å². The van der Waals surface area contributed by atoms with Crippen molar-refractivity contribution in [3.05, 3.63) is 46.0 Å². The van der Waals surface area contributed by atoms with Gasteiger partial charge in [0, 0.05) is 28.7 Å². The molecule has 0 aliphatic rings. The Morgan fingerprint density at radius 3 is 2.84 bits per heavy atom. The van der Waals surface area contributed by atoms with Crippen molar-refractivity contribution in [1.82, 2.24) is 0 Å². The van der Waals surface area contributed by atoms with Crippen molar-refractivity contribution in [3.8, 4) is 0 Å². The number of thioether (sulfide) groups is 1. The molecule has 1 aromatic carbocycles. The molecule has 0 atom stereocenters. The molecule has 0 heterocycles. The number of ether oxygens (including phenoxy) is 1. The maximum absolute atomic E-state index is 11.0. The Bertz CT molecular complexity index is 527. The molecule has 0 radical (unpaired) electrons. The van der Waals surface area contributed by atoms with Crippen LogP contribution in [0.15, 0.2) is 35.2 Å². The third-order valence-electron chi connectivity index (χ3n) is 2.05. The summed E-state index contributed by atoms with van der Waals surface area (Å²) >= 11 is 1.12.